The van der Waals surface area contributed by atoms with Gasteiger partial charge >= 0.3 is 0 Å². The summed E-state index contributed by atoms with van der Waals surface area (Å²) in [7, 11) is 1.86. The molecule has 5 heteroatoms. The lowest BCUT2D eigenvalue weighted by atomic mass is 10.2. The van der Waals surface area contributed by atoms with E-state index in [1.807, 2.05) is 42.3 Å². The summed E-state index contributed by atoms with van der Waals surface area (Å²) in [6.45, 7) is 0.592. The molecule has 1 heterocycles. The van der Waals surface area contributed by atoms with E-state index in [-0.39, 0.29) is 0 Å². The lowest BCUT2D eigenvalue weighted by molar-refractivity contribution is 0.864. The average Bonchev–Trinajstić information content (AvgIpc) is 2.41. The normalized spacial score (nSPS) is 9.83. The minimum absolute atomic E-state index is 0.353. The molecule has 0 amide bonds. The van der Waals surface area contributed by atoms with Gasteiger partial charge in [0.15, 0.2) is 0 Å². The van der Waals surface area contributed by atoms with Gasteiger partial charge in [0.2, 0.25) is 5.95 Å². The van der Waals surface area contributed by atoms with Crippen LogP contribution in [-0.2, 0) is 6.54 Å². The molecule has 0 aliphatic heterocycles. The summed E-state index contributed by atoms with van der Waals surface area (Å²) in [5, 5.41) is 9.51. The Morgan fingerprint density at radius 2 is 2.11 bits per heavy atom. The molecular weight excluding hydrogens is 248 g/mol. The Morgan fingerprint density at radius 1 is 1.33 bits per heavy atom. The summed E-state index contributed by atoms with van der Waals surface area (Å²) >= 11 is 6.09. The number of nitrogens with zero attached hydrogens (tertiary/aromatic N) is 4. The monoisotopic (exact) mass is 258 g/mol. The Hall–Kier alpha value is -2.12. The molecule has 1 aromatic carbocycles. The van der Waals surface area contributed by atoms with Crippen molar-refractivity contribution in [2.75, 3.05) is 11.9 Å². The van der Waals surface area contributed by atoms with Gasteiger partial charge < -0.3 is 4.90 Å². The van der Waals surface area contributed by atoms with Crippen LogP contribution in [0.2, 0.25) is 5.02 Å². The maximum Gasteiger partial charge on any atom is 0.226 e. The topological polar surface area (TPSA) is 52.8 Å². The molecule has 0 N–H and O–H groups in total. The molecule has 0 fully saturated rings. The summed E-state index contributed by atoms with van der Waals surface area (Å²) in [6.07, 6.45) is 1.57. The van der Waals surface area contributed by atoms with Crippen LogP contribution in [0.25, 0.3) is 0 Å². The fourth-order valence-electron chi connectivity index (χ4n) is 1.55. The van der Waals surface area contributed by atoms with Gasteiger partial charge in [0.1, 0.15) is 11.8 Å². The summed E-state index contributed by atoms with van der Waals surface area (Å²) in [4.78, 5) is 10.1. The number of hydrogen-bond acceptors (Lipinski definition) is 4. The predicted molar refractivity (Wildman–Crippen MR) is 70.3 cm³/mol. The van der Waals surface area contributed by atoms with E-state index in [9.17, 15) is 0 Å². The van der Waals surface area contributed by atoms with Crippen molar-refractivity contribution >= 4 is 17.5 Å². The first kappa shape index (κ1) is 12.3. The van der Waals surface area contributed by atoms with Gasteiger partial charge in [-0.25, -0.2) is 9.97 Å². The van der Waals surface area contributed by atoms with Gasteiger partial charge in [0, 0.05) is 24.8 Å². The lowest BCUT2D eigenvalue weighted by Crippen LogP contribution is -2.19. The molecule has 0 radical (unpaired) electrons. The van der Waals surface area contributed by atoms with Gasteiger partial charge in [-0.05, 0) is 17.7 Å². The quantitative estimate of drug-likeness (QED) is 0.849. The summed E-state index contributed by atoms with van der Waals surface area (Å²) < 4.78 is 0. The maximum atomic E-state index is 8.80. The molecule has 90 valence electrons. The third-order valence-corrected chi connectivity index (χ3v) is 2.83. The first-order valence-electron chi connectivity index (χ1n) is 5.38. The van der Waals surface area contributed by atoms with Crippen LogP contribution >= 0.6 is 11.6 Å². The smallest absolute Gasteiger partial charge is 0.226 e. The van der Waals surface area contributed by atoms with Crippen LogP contribution in [0.15, 0.2) is 36.5 Å². The van der Waals surface area contributed by atoms with E-state index in [1.165, 1.54) is 0 Å². The van der Waals surface area contributed by atoms with Crippen molar-refractivity contribution in [2.45, 2.75) is 6.54 Å². The second-order valence-corrected chi connectivity index (χ2v) is 4.21. The molecule has 0 atom stereocenters. The molecule has 2 rings (SSSR count). The van der Waals surface area contributed by atoms with Gasteiger partial charge in [-0.15, -0.1) is 0 Å². The van der Waals surface area contributed by atoms with Crippen molar-refractivity contribution in [1.29, 1.82) is 5.26 Å². The van der Waals surface area contributed by atoms with Crippen LogP contribution in [0, 0.1) is 11.3 Å². The molecule has 0 aliphatic rings. The standard InChI is InChI=1S/C13H11ClN4/c1-18(9-10-4-2-3-5-12(10)14)13-16-7-6-11(8-15)17-13/h2-7H,9H2,1H3. The Kier molecular flexibility index (Phi) is 3.75. The van der Waals surface area contributed by atoms with Gasteiger partial charge in [-0.3, -0.25) is 0 Å². The van der Waals surface area contributed by atoms with E-state index in [2.05, 4.69) is 9.97 Å². The SMILES string of the molecule is CN(Cc1ccccc1Cl)c1nccc(C#N)n1. The largest absolute Gasteiger partial charge is 0.339 e. The highest BCUT2D eigenvalue weighted by atomic mass is 35.5. The number of benzene rings is 1. The minimum atomic E-state index is 0.353. The number of hydrogen-bond donors (Lipinski definition) is 0. The van der Waals surface area contributed by atoms with E-state index >= 15 is 0 Å². The fourth-order valence-corrected chi connectivity index (χ4v) is 1.74. The van der Waals surface area contributed by atoms with E-state index in [4.69, 9.17) is 16.9 Å². The summed E-state index contributed by atoms with van der Waals surface area (Å²) in [5.41, 5.74) is 1.35. The van der Waals surface area contributed by atoms with Crippen LogP contribution in [0.5, 0.6) is 0 Å². The van der Waals surface area contributed by atoms with Crippen LogP contribution in [0.4, 0.5) is 5.95 Å². The van der Waals surface area contributed by atoms with Crippen molar-refractivity contribution in [3.63, 3.8) is 0 Å². The summed E-state index contributed by atoms with van der Waals surface area (Å²) in [6, 6.07) is 11.2. The molecule has 0 bridgehead atoms. The summed E-state index contributed by atoms with van der Waals surface area (Å²) in [5.74, 6) is 0.508. The van der Waals surface area contributed by atoms with E-state index in [1.54, 1.807) is 12.3 Å². The Morgan fingerprint density at radius 3 is 2.83 bits per heavy atom. The van der Waals surface area contributed by atoms with Crippen LogP contribution in [0.1, 0.15) is 11.3 Å². The van der Waals surface area contributed by atoms with Crippen molar-refractivity contribution in [2.24, 2.45) is 0 Å². The predicted octanol–water partition coefficient (Wildman–Crippen LogP) is 2.64. The van der Waals surface area contributed by atoms with Crippen LogP contribution in [-0.4, -0.2) is 17.0 Å². The Balaban J connectivity index is 2.20. The third-order valence-electron chi connectivity index (χ3n) is 2.46. The third kappa shape index (κ3) is 2.76. The fraction of sp³-hybridized carbons (Fsp3) is 0.154. The van der Waals surface area contributed by atoms with Gasteiger partial charge in [-0.1, -0.05) is 29.8 Å². The highest BCUT2D eigenvalue weighted by Crippen LogP contribution is 2.18. The molecule has 0 aliphatic carbocycles. The molecule has 1 aromatic heterocycles. The molecule has 4 nitrogen and oxygen atoms in total. The maximum absolute atomic E-state index is 8.80. The van der Waals surface area contributed by atoms with E-state index in [0.717, 1.165) is 5.56 Å². The molecule has 0 spiro atoms. The van der Waals surface area contributed by atoms with Crippen molar-refractivity contribution in [3.8, 4) is 6.07 Å². The highest BCUT2D eigenvalue weighted by Gasteiger charge is 2.08. The molecule has 0 saturated heterocycles. The van der Waals surface area contributed by atoms with Gasteiger partial charge in [0.05, 0.1) is 0 Å². The molecular formula is C13H11ClN4. The van der Waals surface area contributed by atoms with Gasteiger partial charge in [0.25, 0.3) is 0 Å². The zero-order valence-corrected chi connectivity index (χ0v) is 10.6. The molecule has 18 heavy (non-hydrogen) atoms. The number of nitriles is 1. The van der Waals surface area contributed by atoms with Crippen LogP contribution < -0.4 is 4.90 Å². The average molecular weight is 259 g/mol. The van der Waals surface area contributed by atoms with Crippen molar-refractivity contribution in [3.05, 3.63) is 52.8 Å². The molecule has 0 unspecified atom stereocenters. The van der Waals surface area contributed by atoms with E-state index < -0.39 is 0 Å². The Bertz CT molecular complexity index is 592. The van der Waals surface area contributed by atoms with Gasteiger partial charge in [-0.2, -0.15) is 5.26 Å². The number of anilines is 1. The Labute approximate surface area is 110 Å². The van der Waals surface area contributed by atoms with Crippen LogP contribution in [0.3, 0.4) is 0 Å². The zero-order valence-electron chi connectivity index (χ0n) is 9.84. The second-order valence-electron chi connectivity index (χ2n) is 3.80. The highest BCUT2D eigenvalue weighted by molar-refractivity contribution is 6.31. The number of halogens is 1. The van der Waals surface area contributed by atoms with Crippen molar-refractivity contribution < 1.29 is 0 Å². The van der Waals surface area contributed by atoms with E-state index in [0.29, 0.717) is 23.2 Å². The first-order chi connectivity index (χ1) is 8.70. The molecule has 2 aromatic rings. The number of aromatic nitrogens is 2. The molecule has 0 saturated carbocycles. The first-order valence-corrected chi connectivity index (χ1v) is 5.76. The lowest BCUT2D eigenvalue weighted by Gasteiger charge is -2.17. The number of rotatable bonds is 3. The zero-order chi connectivity index (χ0) is 13.0. The minimum Gasteiger partial charge on any atom is -0.339 e. The van der Waals surface area contributed by atoms with Crippen molar-refractivity contribution in [1.82, 2.24) is 9.97 Å². The second kappa shape index (κ2) is 5.48.